The van der Waals surface area contributed by atoms with Crippen LogP contribution in [0.25, 0.3) is 0 Å². The minimum atomic E-state index is -0.954. The molecule has 0 aromatic carbocycles. The van der Waals surface area contributed by atoms with Crippen molar-refractivity contribution in [2.24, 2.45) is 0 Å². The number of fused-ring (bicyclic) bond motifs is 1. The number of ether oxygens (including phenoxy) is 2. The summed E-state index contributed by atoms with van der Waals surface area (Å²) >= 11 is 0. The standard InChI is InChI=1S/C15H21NO5/c1-14(2,3)21-13(19)15-6-5-7-16(15)12(18)10(9-15)8-11(17)20-4/h8H,5-7,9H2,1-4H3/b10-8-. The number of amides is 1. The first kappa shape index (κ1) is 15.5. The van der Waals surface area contributed by atoms with Crippen LogP contribution in [0.5, 0.6) is 0 Å². The van der Waals surface area contributed by atoms with E-state index in [1.165, 1.54) is 18.1 Å². The monoisotopic (exact) mass is 295 g/mol. The van der Waals surface area contributed by atoms with Crippen LogP contribution >= 0.6 is 0 Å². The first-order valence-electron chi connectivity index (χ1n) is 7.03. The predicted molar refractivity (Wildman–Crippen MR) is 74.2 cm³/mol. The highest BCUT2D eigenvalue weighted by molar-refractivity contribution is 6.06. The van der Waals surface area contributed by atoms with Crippen molar-refractivity contribution in [3.63, 3.8) is 0 Å². The van der Waals surface area contributed by atoms with Gasteiger partial charge in [-0.3, -0.25) is 4.79 Å². The third-order valence-corrected chi connectivity index (χ3v) is 3.76. The molecule has 2 rings (SSSR count). The highest BCUT2D eigenvalue weighted by Gasteiger charge is 2.57. The maximum absolute atomic E-state index is 12.6. The Morgan fingerprint density at radius 1 is 1.33 bits per heavy atom. The number of esters is 2. The van der Waals surface area contributed by atoms with Crippen molar-refractivity contribution in [1.82, 2.24) is 4.90 Å². The topological polar surface area (TPSA) is 72.9 Å². The van der Waals surface area contributed by atoms with Crippen LogP contribution in [0.15, 0.2) is 11.6 Å². The maximum Gasteiger partial charge on any atom is 0.332 e. The highest BCUT2D eigenvalue weighted by Crippen LogP contribution is 2.43. The predicted octanol–water partition coefficient (Wildman–Crippen LogP) is 1.19. The third kappa shape index (κ3) is 2.80. The van der Waals surface area contributed by atoms with E-state index in [4.69, 9.17) is 4.74 Å². The lowest BCUT2D eigenvalue weighted by molar-refractivity contribution is -0.168. The highest BCUT2D eigenvalue weighted by atomic mass is 16.6. The van der Waals surface area contributed by atoms with Crippen molar-refractivity contribution in [3.8, 4) is 0 Å². The van der Waals surface area contributed by atoms with Gasteiger partial charge in [-0.2, -0.15) is 0 Å². The van der Waals surface area contributed by atoms with Crippen LogP contribution in [0.2, 0.25) is 0 Å². The van der Waals surface area contributed by atoms with Crippen LogP contribution in [0.3, 0.4) is 0 Å². The molecule has 0 spiro atoms. The van der Waals surface area contributed by atoms with Gasteiger partial charge in [-0.05, 0) is 33.6 Å². The van der Waals surface area contributed by atoms with Crippen LogP contribution < -0.4 is 0 Å². The lowest BCUT2D eigenvalue weighted by Gasteiger charge is -2.32. The molecule has 116 valence electrons. The van der Waals surface area contributed by atoms with Gasteiger partial charge in [0.15, 0.2) is 0 Å². The molecule has 0 N–H and O–H groups in total. The summed E-state index contributed by atoms with van der Waals surface area (Å²) in [6.07, 6.45) is 2.70. The zero-order valence-electron chi connectivity index (χ0n) is 12.9. The summed E-state index contributed by atoms with van der Waals surface area (Å²) in [7, 11) is 1.25. The van der Waals surface area contributed by atoms with Gasteiger partial charge in [-0.1, -0.05) is 0 Å². The van der Waals surface area contributed by atoms with E-state index >= 15 is 0 Å². The van der Waals surface area contributed by atoms with E-state index in [2.05, 4.69) is 4.74 Å². The molecule has 1 atom stereocenters. The molecule has 0 bridgehead atoms. The molecule has 2 aliphatic rings. The Labute approximate surface area is 124 Å². The van der Waals surface area contributed by atoms with Crippen molar-refractivity contribution >= 4 is 17.8 Å². The Balaban J connectivity index is 2.30. The molecule has 0 aliphatic carbocycles. The lowest BCUT2D eigenvalue weighted by atomic mass is 9.92. The number of hydrogen-bond acceptors (Lipinski definition) is 5. The molecule has 2 saturated heterocycles. The van der Waals surface area contributed by atoms with Crippen molar-refractivity contribution in [2.45, 2.75) is 51.2 Å². The van der Waals surface area contributed by atoms with E-state index in [9.17, 15) is 14.4 Å². The molecule has 6 nitrogen and oxygen atoms in total. The van der Waals surface area contributed by atoms with Crippen molar-refractivity contribution < 1.29 is 23.9 Å². The second-order valence-corrected chi connectivity index (χ2v) is 6.46. The van der Waals surface area contributed by atoms with Gasteiger partial charge in [0.2, 0.25) is 0 Å². The number of nitrogens with zero attached hydrogens (tertiary/aromatic N) is 1. The molecular weight excluding hydrogens is 274 g/mol. The van der Waals surface area contributed by atoms with Gasteiger partial charge in [0, 0.05) is 24.6 Å². The number of carbonyl (C=O) groups is 3. The van der Waals surface area contributed by atoms with Crippen molar-refractivity contribution in [2.75, 3.05) is 13.7 Å². The number of carbonyl (C=O) groups excluding carboxylic acids is 3. The quantitative estimate of drug-likeness (QED) is 0.565. The first-order chi connectivity index (χ1) is 9.69. The van der Waals surface area contributed by atoms with E-state index in [1.807, 2.05) is 0 Å². The van der Waals surface area contributed by atoms with Gasteiger partial charge < -0.3 is 14.4 Å². The average Bonchev–Trinajstić information content (AvgIpc) is 2.89. The van der Waals surface area contributed by atoms with E-state index in [1.54, 1.807) is 20.8 Å². The van der Waals surface area contributed by atoms with Gasteiger partial charge in [0.1, 0.15) is 11.1 Å². The van der Waals surface area contributed by atoms with Crippen LogP contribution in [0.4, 0.5) is 0 Å². The van der Waals surface area contributed by atoms with Crippen LogP contribution in [0.1, 0.15) is 40.0 Å². The Hall–Kier alpha value is -1.85. The molecule has 2 fully saturated rings. The third-order valence-electron chi connectivity index (χ3n) is 3.76. The fourth-order valence-corrected chi connectivity index (χ4v) is 2.89. The number of rotatable bonds is 2. The molecule has 0 aromatic heterocycles. The van der Waals surface area contributed by atoms with E-state index < -0.39 is 23.1 Å². The van der Waals surface area contributed by atoms with Crippen LogP contribution in [0, 0.1) is 0 Å². The minimum Gasteiger partial charge on any atom is -0.466 e. The Kier molecular flexibility index (Phi) is 3.82. The zero-order valence-corrected chi connectivity index (χ0v) is 12.9. The van der Waals surface area contributed by atoms with E-state index in [0.717, 1.165) is 6.42 Å². The summed E-state index contributed by atoms with van der Waals surface area (Å²) in [6, 6.07) is 0. The van der Waals surface area contributed by atoms with Crippen LogP contribution in [-0.2, 0) is 23.9 Å². The molecule has 21 heavy (non-hydrogen) atoms. The largest absolute Gasteiger partial charge is 0.466 e. The summed E-state index contributed by atoms with van der Waals surface area (Å²) < 4.78 is 10.0. The smallest absolute Gasteiger partial charge is 0.332 e. The molecule has 0 radical (unpaired) electrons. The second-order valence-electron chi connectivity index (χ2n) is 6.46. The SMILES string of the molecule is COC(=O)/C=C1/CC2(C(=O)OC(C)(C)C)CCCN2C1=O. The Bertz CT molecular complexity index is 517. The second kappa shape index (κ2) is 5.16. The summed E-state index contributed by atoms with van der Waals surface area (Å²) in [5, 5.41) is 0. The Morgan fingerprint density at radius 3 is 2.57 bits per heavy atom. The molecule has 1 unspecified atom stereocenters. The number of hydrogen-bond donors (Lipinski definition) is 0. The van der Waals surface area contributed by atoms with Gasteiger partial charge in [-0.25, -0.2) is 9.59 Å². The van der Waals surface area contributed by atoms with Gasteiger partial charge in [-0.15, -0.1) is 0 Å². The lowest BCUT2D eigenvalue weighted by Crippen LogP contribution is -2.50. The summed E-state index contributed by atoms with van der Waals surface area (Å²) in [6.45, 7) is 5.89. The van der Waals surface area contributed by atoms with Gasteiger partial charge in [0.25, 0.3) is 5.91 Å². The first-order valence-corrected chi connectivity index (χ1v) is 7.03. The molecule has 2 heterocycles. The maximum atomic E-state index is 12.6. The van der Waals surface area contributed by atoms with E-state index in [-0.39, 0.29) is 12.3 Å². The molecule has 2 aliphatic heterocycles. The van der Waals surface area contributed by atoms with Gasteiger partial charge in [0.05, 0.1) is 7.11 Å². The Morgan fingerprint density at radius 2 is 2.00 bits per heavy atom. The summed E-state index contributed by atoms with van der Waals surface area (Å²) in [5.74, 6) is -1.25. The van der Waals surface area contributed by atoms with E-state index in [0.29, 0.717) is 18.5 Å². The fraction of sp³-hybridized carbons (Fsp3) is 0.667. The van der Waals surface area contributed by atoms with Gasteiger partial charge >= 0.3 is 11.9 Å². The van der Waals surface area contributed by atoms with Crippen molar-refractivity contribution in [1.29, 1.82) is 0 Å². The molecule has 0 saturated carbocycles. The van der Waals surface area contributed by atoms with Crippen molar-refractivity contribution in [3.05, 3.63) is 11.6 Å². The fourth-order valence-electron chi connectivity index (χ4n) is 2.89. The molecule has 6 heteroatoms. The zero-order chi connectivity index (χ0) is 15.8. The summed E-state index contributed by atoms with van der Waals surface area (Å²) in [4.78, 5) is 37.8. The average molecular weight is 295 g/mol. The minimum absolute atomic E-state index is 0.204. The molecule has 1 amide bonds. The normalized spacial score (nSPS) is 27.0. The van der Waals surface area contributed by atoms with Crippen LogP contribution in [-0.4, -0.2) is 47.5 Å². The number of methoxy groups -OCH3 is 1. The molecular formula is C15H21NO5. The molecule has 0 aromatic rings. The summed E-state index contributed by atoms with van der Waals surface area (Å²) in [5.41, 5.74) is -1.25.